The van der Waals surface area contributed by atoms with E-state index in [2.05, 4.69) is 28.2 Å². The summed E-state index contributed by atoms with van der Waals surface area (Å²) in [5.41, 5.74) is 0.760. The highest BCUT2D eigenvalue weighted by molar-refractivity contribution is 9.10. The van der Waals surface area contributed by atoms with Crippen LogP contribution >= 0.6 is 15.9 Å². The van der Waals surface area contributed by atoms with Crippen LogP contribution in [0.4, 0.5) is 4.39 Å². The van der Waals surface area contributed by atoms with Crippen molar-refractivity contribution in [2.24, 2.45) is 5.92 Å². The van der Waals surface area contributed by atoms with E-state index in [9.17, 15) is 4.39 Å². The molecule has 2 atom stereocenters. The third kappa shape index (κ3) is 4.06. The van der Waals surface area contributed by atoms with E-state index in [4.69, 9.17) is 0 Å². The summed E-state index contributed by atoms with van der Waals surface area (Å²) in [5.74, 6) is 0.722. The maximum absolute atomic E-state index is 13.7. The molecule has 1 saturated carbocycles. The topological polar surface area (TPSA) is 12.0 Å². The third-order valence-corrected chi connectivity index (χ3v) is 4.35. The molecule has 1 N–H and O–H groups in total. The standard InChI is InChI=1S/C15H21BrFN/c1-11-3-2-4-14(8-5-11)18-10-12-6-7-13(16)9-15(12)17/h6-7,9,11,14,18H,2-5,8,10H2,1H3. The quantitative estimate of drug-likeness (QED) is 0.801. The smallest absolute Gasteiger partial charge is 0.128 e. The average molecular weight is 314 g/mol. The Hall–Kier alpha value is -0.410. The fourth-order valence-corrected chi connectivity index (χ4v) is 2.94. The first-order chi connectivity index (χ1) is 8.65. The molecule has 1 aromatic rings. The van der Waals surface area contributed by atoms with Gasteiger partial charge in [0.15, 0.2) is 0 Å². The molecule has 3 heteroatoms. The maximum Gasteiger partial charge on any atom is 0.128 e. The second kappa shape index (κ2) is 6.67. The molecule has 100 valence electrons. The van der Waals surface area contributed by atoms with E-state index in [1.807, 2.05) is 12.1 Å². The molecular formula is C15H21BrFN. The lowest BCUT2D eigenvalue weighted by Gasteiger charge is -2.16. The van der Waals surface area contributed by atoms with Crippen molar-refractivity contribution in [2.45, 2.75) is 51.6 Å². The van der Waals surface area contributed by atoms with Crippen LogP contribution in [0.5, 0.6) is 0 Å². The Labute approximate surface area is 117 Å². The molecule has 0 aromatic heterocycles. The lowest BCUT2D eigenvalue weighted by atomic mass is 10.0. The minimum atomic E-state index is -0.126. The van der Waals surface area contributed by atoms with Gasteiger partial charge in [-0.25, -0.2) is 4.39 Å². The molecule has 0 radical (unpaired) electrons. The van der Waals surface area contributed by atoms with E-state index in [0.29, 0.717) is 12.6 Å². The molecule has 0 aliphatic heterocycles. The largest absolute Gasteiger partial charge is 0.310 e. The lowest BCUT2D eigenvalue weighted by molar-refractivity contribution is 0.442. The van der Waals surface area contributed by atoms with E-state index in [1.54, 1.807) is 0 Å². The molecule has 1 aromatic carbocycles. The van der Waals surface area contributed by atoms with Gasteiger partial charge in [-0.3, -0.25) is 0 Å². The summed E-state index contributed by atoms with van der Waals surface area (Å²) in [4.78, 5) is 0. The molecule has 18 heavy (non-hydrogen) atoms. The van der Waals surface area contributed by atoms with Gasteiger partial charge in [0.05, 0.1) is 0 Å². The van der Waals surface area contributed by atoms with Crippen molar-refractivity contribution in [2.75, 3.05) is 0 Å². The monoisotopic (exact) mass is 313 g/mol. The first kappa shape index (κ1) is 14.0. The van der Waals surface area contributed by atoms with E-state index in [0.717, 1.165) is 16.0 Å². The van der Waals surface area contributed by atoms with Gasteiger partial charge in [0.2, 0.25) is 0 Å². The summed E-state index contributed by atoms with van der Waals surface area (Å²) in [6, 6.07) is 5.84. The summed E-state index contributed by atoms with van der Waals surface area (Å²) < 4.78 is 14.5. The third-order valence-electron chi connectivity index (χ3n) is 3.85. The van der Waals surface area contributed by atoms with Crippen molar-refractivity contribution < 1.29 is 4.39 Å². The van der Waals surface area contributed by atoms with Gasteiger partial charge in [0.1, 0.15) is 5.82 Å². The molecule has 2 rings (SSSR count). The van der Waals surface area contributed by atoms with Gasteiger partial charge in [0, 0.05) is 22.6 Å². The van der Waals surface area contributed by atoms with Gasteiger partial charge in [-0.15, -0.1) is 0 Å². The Morgan fingerprint density at radius 2 is 2.11 bits per heavy atom. The summed E-state index contributed by atoms with van der Waals surface area (Å²) >= 11 is 3.28. The molecule has 0 bridgehead atoms. The second-order valence-corrected chi connectivity index (χ2v) is 6.34. The van der Waals surface area contributed by atoms with Gasteiger partial charge in [0.25, 0.3) is 0 Å². The predicted octanol–water partition coefficient (Wildman–Crippen LogP) is 4.65. The van der Waals surface area contributed by atoms with Crippen molar-refractivity contribution in [1.29, 1.82) is 0 Å². The molecule has 1 aliphatic carbocycles. The Morgan fingerprint density at radius 3 is 2.89 bits per heavy atom. The first-order valence-corrected chi connectivity index (χ1v) is 7.62. The Kier molecular flexibility index (Phi) is 5.19. The van der Waals surface area contributed by atoms with Crippen LogP contribution < -0.4 is 5.32 Å². The molecular weight excluding hydrogens is 293 g/mol. The van der Waals surface area contributed by atoms with Gasteiger partial charge >= 0.3 is 0 Å². The number of rotatable bonds is 3. The Balaban J connectivity index is 1.87. The predicted molar refractivity (Wildman–Crippen MR) is 77.0 cm³/mol. The van der Waals surface area contributed by atoms with Crippen molar-refractivity contribution in [3.8, 4) is 0 Å². The molecule has 1 nitrogen and oxygen atoms in total. The zero-order valence-electron chi connectivity index (χ0n) is 10.9. The highest BCUT2D eigenvalue weighted by Gasteiger charge is 2.16. The fourth-order valence-electron chi connectivity index (χ4n) is 2.61. The normalized spacial score (nSPS) is 24.8. The van der Waals surface area contributed by atoms with Gasteiger partial charge in [-0.05, 0) is 37.3 Å². The van der Waals surface area contributed by atoms with Gasteiger partial charge in [-0.2, -0.15) is 0 Å². The van der Waals surface area contributed by atoms with E-state index in [-0.39, 0.29) is 5.82 Å². The number of halogens is 2. The summed E-state index contributed by atoms with van der Waals surface area (Å²) in [5, 5.41) is 3.50. The number of benzene rings is 1. The zero-order valence-corrected chi connectivity index (χ0v) is 12.5. The van der Waals surface area contributed by atoms with E-state index < -0.39 is 0 Å². The summed E-state index contributed by atoms with van der Waals surface area (Å²) in [6.07, 6.45) is 6.37. The SMILES string of the molecule is CC1CCCC(NCc2ccc(Br)cc2F)CC1. The summed E-state index contributed by atoms with van der Waals surface area (Å²) in [6.45, 7) is 2.97. The molecule has 0 amide bonds. The first-order valence-electron chi connectivity index (χ1n) is 6.82. The molecule has 1 aliphatic rings. The molecule has 2 unspecified atom stereocenters. The maximum atomic E-state index is 13.7. The van der Waals surface area contributed by atoms with Crippen LogP contribution in [0.15, 0.2) is 22.7 Å². The van der Waals surface area contributed by atoms with E-state index >= 15 is 0 Å². The molecule has 1 fully saturated rings. The molecule has 0 spiro atoms. The lowest BCUT2D eigenvalue weighted by Crippen LogP contribution is -2.28. The Morgan fingerprint density at radius 1 is 1.28 bits per heavy atom. The van der Waals surface area contributed by atoms with Crippen LogP contribution in [0.25, 0.3) is 0 Å². The zero-order chi connectivity index (χ0) is 13.0. The highest BCUT2D eigenvalue weighted by Crippen LogP contribution is 2.23. The van der Waals surface area contributed by atoms with Crippen LogP contribution in [0.2, 0.25) is 0 Å². The van der Waals surface area contributed by atoms with Gasteiger partial charge in [-0.1, -0.05) is 41.8 Å². The van der Waals surface area contributed by atoms with Crippen LogP contribution in [0.3, 0.4) is 0 Å². The highest BCUT2D eigenvalue weighted by atomic mass is 79.9. The number of nitrogens with one attached hydrogen (secondary N) is 1. The minimum absolute atomic E-state index is 0.126. The number of hydrogen-bond donors (Lipinski definition) is 1. The van der Waals surface area contributed by atoms with Gasteiger partial charge < -0.3 is 5.32 Å². The summed E-state index contributed by atoms with van der Waals surface area (Å²) in [7, 11) is 0. The second-order valence-electron chi connectivity index (χ2n) is 5.43. The van der Waals surface area contributed by atoms with Crippen molar-refractivity contribution in [1.82, 2.24) is 5.32 Å². The van der Waals surface area contributed by atoms with Crippen LogP contribution in [0.1, 0.15) is 44.6 Å². The van der Waals surface area contributed by atoms with Crippen LogP contribution in [0, 0.1) is 11.7 Å². The Bertz CT molecular complexity index is 394. The van der Waals surface area contributed by atoms with Crippen molar-refractivity contribution in [3.63, 3.8) is 0 Å². The fraction of sp³-hybridized carbons (Fsp3) is 0.600. The molecule has 0 heterocycles. The van der Waals surface area contributed by atoms with Crippen molar-refractivity contribution >= 4 is 15.9 Å². The number of hydrogen-bond acceptors (Lipinski definition) is 1. The van der Waals surface area contributed by atoms with Crippen LogP contribution in [-0.2, 0) is 6.54 Å². The van der Waals surface area contributed by atoms with E-state index in [1.165, 1.54) is 38.2 Å². The molecule has 0 saturated heterocycles. The van der Waals surface area contributed by atoms with Crippen LogP contribution in [-0.4, -0.2) is 6.04 Å². The average Bonchev–Trinajstić information content (AvgIpc) is 2.53. The van der Waals surface area contributed by atoms with Crippen molar-refractivity contribution in [3.05, 3.63) is 34.1 Å². The minimum Gasteiger partial charge on any atom is -0.310 e.